The van der Waals surface area contributed by atoms with E-state index in [2.05, 4.69) is 0 Å². The monoisotopic (exact) mass is 264 g/mol. The number of methoxy groups -OCH3 is 2. The zero-order valence-corrected chi connectivity index (χ0v) is 11.7. The van der Waals surface area contributed by atoms with Crippen LogP contribution in [0.1, 0.15) is 31.7 Å². The van der Waals surface area contributed by atoms with Gasteiger partial charge in [0.2, 0.25) is 5.78 Å². The van der Waals surface area contributed by atoms with E-state index in [1.54, 1.807) is 25.3 Å². The predicted molar refractivity (Wildman–Crippen MR) is 72.8 cm³/mol. The largest absolute Gasteiger partial charge is 0.497 e. The smallest absolute Gasteiger partial charge is 0.202 e. The van der Waals surface area contributed by atoms with Crippen molar-refractivity contribution < 1.29 is 19.1 Å². The molecule has 0 spiro atoms. The van der Waals surface area contributed by atoms with Gasteiger partial charge in [-0.05, 0) is 24.6 Å². The molecule has 0 aliphatic rings. The van der Waals surface area contributed by atoms with Gasteiger partial charge in [-0.15, -0.1) is 0 Å². The van der Waals surface area contributed by atoms with Crippen molar-refractivity contribution in [2.75, 3.05) is 14.2 Å². The molecule has 1 aromatic rings. The van der Waals surface area contributed by atoms with Crippen molar-refractivity contribution in [3.05, 3.63) is 23.8 Å². The van der Waals surface area contributed by atoms with Crippen LogP contribution in [0.3, 0.4) is 0 Å². The van der Waals surface area contributed by atoms with E-state index in [9.17, 15) is 9.59 Å². The molecule has 104 valence electrons. The summed E-state index contributed by atoms with van der Waals surface area (Å²) in [6, 6.07) is 5.22. The Morgan fingerprint density at radius 3 is 2.42 bits per heavy atom. The number of hydrogen-bond donors (Lipinski definition) is 0. The van der Waals surface area contributed by atoms with E-state index in [1.807, 2.05) is 6.92 Å². The molecule has 0 atom stereocenters. The molecule has 1 rings (SSSR count). The third-order valence-electron chi connectivity index (χ3n) is 2.91. The minimum Gasteiger partial charge on any atom is -0.497 e. The van der Waals surface area contributed by atoms with Crippen molar-refractivity contribution >= 4 is 11.6 Å². The van der Waals surface area contributed by atoms with Crippen LogP contribution in [-0.4, -0.2) is 25.8 Å². The number of rotatable bonds is 8. The maximum absolute atomic E-state index is 11.8. The summed E-state index contributed by atoms with van der Waals surface area (Å²) in [4.78, 5) is 23.5. The lowest BCUT2D eigenvalue weighted by Gasteiger charge is -2.09. The molecule has 4 nitrogen and oxygen atoms in total. The van der Waals surface area contributed by atoms with Gasteiger partial charge in [-0.25, -0.2) is 0 Å². The molecule has 0 bridgehead atoms. The van der Waals surface area contributed by atoms with Crippen molar-refractivity contribution in [1.82, 2.24) is 0 Å². The van der Waals surface area contributed by atoms with Crippen molar-refractivity contribution in [1.29, 1.82) is 0 Å². The van der Waals surface area contributed by atoms with Gasteiger partial charge in [0.05, 0.1) is 14.2 Å². The summed E-state index contributed by atoms with van der Waals surface area (Å²) in [6.45, 7) is 1.99. The first kappa shape index (κ1) is 15.2. The number of ether oxygens (including phenoxy) is 2. The molecule has 0 heterocycles. The van der Waals surface area contributed by atoms with Crippen LogP contribution in [0, 0.1) is 0 Å². The number of carbonyl (C=O) groups is 2. The SMILES string of the molecule is CCCCC(=O)C(=O)Cc1cc(OC)ccc1OC. The quantitative estimate of drug-likeness (QED) is 0.677. The van der Waals surface area contributed by atoms with Crippen LogP contribution in [0.5, 0.6) is 11.5 Å². The summed E-state index contributed by atoms with van der Waals surface area (Å²) in [5.74, 6) is 0.550. The minimum atomic E-state index is -0.375. The zero-order chi connectivity index (χ0) is 14.3. The Bertz CT molecular complexity index is 451. The molecule has 0 aliphatic carbocycles. The fraction of sp³-hybridized carbons (Fsp3) is 0.467. The molecule has 0 saturated heterocycles. The number of ketones is 2. The molecule has 0 aliphatic heterocycles. The fourth-order valence-electron chi connectivity index (χ4n) is 1.77. The Kier molecular flexibility index (Phi) is 6.06. The van der Waals surface area contributed by atoms with Gasteiger partial charge in [0.15, 0.2) is 5.78 Å². The van der Waals surface area contributed by atoms with Crippen LogP contribution in [0.4, 0.5) is 0 Å². The average molecular weight is 264 g/mol. The Balaban J connectivity index is 2.79. The van der Waals surface area contributed by atoms with E-state index in [0.717, 1.165) is 12.8 Å². The number of Topliss-reactive ketones (excluding diaryl/α,β-unsaturated/α-hetero) is 2. The van der Waals surface area contributed by atoms with Gasteiger partial charge in [0.1, 0.15) is 11.5 Å². The predicted octanol–water partition coefficient (Wildman–Crippen LogP) is 2.57. The van der Waals surface area contributed by atoms with Gasteiger partial charge in [-0.3, -0.25) is 9.59 Å². The van der Waals surface area contributed by atoms with Gasteiger partial charge < -0.3 is 9.47 Å². The zero-order valence-electron chi connectivity index (χ0n) is 11.7. The van der Waals surface area contributed by atoms with Crippen molar-refractivity contribution in [3.63, 3.8) is 0 Å². The molecule has 19 heavy (non-hydrogen) atoms. The highest BCUT2D eigenvalue weighted by molar-refractivity contribution is 6.37. The summed E-state index contributed by atoms with van der Waals surface area (Å²) in [5.41, 5.74) is 0.677. The molecule has 0 amide bonds. The van der Waals surface area contributed by atoms with E-state index in [4.69, 9.17) is 9.47 Å². The summed E-state index contributed by atoms with van der Waals surface area (Å²) in [5, 5.41) is 0. The molecule has 0 radical (unpaired) electrons. The highest BCUT2D eigenvalue weighted by atomic mass is 16.5. The number of benzene rings is 1. The molecule has 1 aromatic carbocycles. The second-order valence-electron chi connectivity index (χ2n) is 4.30. The van der Waals surface area contributed by atoms with Crippen LogP contribution in [0.15, 0.2) is 18.2 Å². The molecule has 0 N–H and O–H groups in total. The topological polar surface area (TPSA) is 52.6 Å². The van der Waals surface area contributed by atoms with E-state index in [1.165, 1.54) is 7.11 Å². The molecular formula is C15H20O4. The summed E-state index contributed by atoms with van der Waals surface area (Å²) < 4.78 is 10.3. The molecular weight excluding hydrogens is 244 g/mol. The van der Waals surface area contributed by atoms with E-state index < -0.39 is 0 Å². The summed E-state index contributed by atoms with van der Waals surface area (Å²) in [7, 11) is 3.09. The second kappa shape index (κ2) is 7.56. The number of carbonyl (C=O) groups excluding carboxylic acids is 2. The third-order valence-corrected chi connectivity index (χ3v) is 2.91. The van der Waals surface area contributed by atoms with Crippen LogP contribution >= 0.6 is 0 Å². The molecule has 0 unspecified atom stereocenters. The Morgan fingerprint density at radius 2 is 1.84 bits per heavy atom. The average Bonchev–Trinajstić information content (AvgIpc) is 2.44. The number of hydrogen-bond acceptors (Lipinski definition) is 4. The first-order chi connectivity index (χ1) is 9.12. The maximum atomic E-state index is 11.8. The van der Waals surface area contributed by atoms with E-state index in [0.29, 0.717) is 23.5 Å². The molecule has 4 heteroatoms. The van der Waals surface area contributed by atoms with Crippen LogP contribution in [0.25, 0.3) is 0 Å². The van der Waals surface area contributed by atoms with Gasteiger partial charge in [0, 0.05) is 18.4 Å². The fourth-order valence-corrected chi connectivity index (χ4v) is 1.77. The first-order valence-corrected chi connectivity index (χ1v) is 6.39. The third kappa shape index (κ3) is 4.39. The van der Waals surface area contributed by atoms with Crippen LogP contribution in [0.2, 0.25) is 0 Å². The number of unbranched alkanes of at least 4 members (excludes halogenated alkanes) is 1. The molecule has 0 aromatic heterocycles. The van der Waals surface area contributed by atoms with E-state index in [-0.39, 0.29) is 18.0 Å². The minimum absolute atomic E-state index is 0.0585. The van der Waals surface area contributed by atoms with Gasteiger partial charge in [-0.1, -0.05) is 13.3 Å². The van der Waals surface area contributed by atoms with Gasteiger partial charge in [-0.2, -0.15) is 0 Å². The lowest BCUT2D eigenvalue weighted by atomic mass is 10.0. The van der Waals surface area contributed by atoms with E-state index >= 15 is 0 Å². The van der Waals surface area contributed by atoms with Gasteiger partial charge >= 0.3 is 0 Å². The second-order valence-corrected chi connectivity index (χ2v) is 4.30. The van der Waals surface area contributed by atoms with Crippen LogP contribution < -0.4 is 9.47 Å². The summed E-state index contributed by atoms with van der Waals surface area (Å²) in [6.07, 6.45) is 2.03. The van der Waals surface area contributed by atoms with Crippen LogP contribution in [-0.2, 0) is 16.0 Å². The van der Waals surface area contributed by atoms with Crippen molar-refractivity contribution in [3.8, 4) is 11.5 Å². The van der Waals surface area contributed by atoms with Gasteiger partial charge in [0.25, 0.3) is 0 Å². The highest BCUT2D eigenvalue weighted by Crippen LogP contribution is 2.24. The Morgan fingerprint density at radius 1 is 1.11 bits per heavy atom. The Labute approximate surface area is 113 Å². The normalized spacial score (nSPS) is 10.1. The Hall–Kier alpha value is -1.84. The lowest BCUT2D eigenvalue weighted by molar-refractivity contribution is -0.136. The first-order valence-electron chi connectivity index (χ1n) is 6.39. The van der Waals surface area contributed by atoms with Crippen molar-refractivity contribution in [2.24, 2.45) is 0 Å². The maximum Gasteiger partial charge on any atom is 0.202 e. The van der Waals surface area contributed by atoms with Crippen molar-refractivity contribution in [2.45, 2.75) is 32.6 Å². The molecule has 0 fully saturated rings. The summed E-state index contributed by atoms with van der Waals surface area (Å²) >= 11 is 0. The molecule has 0 saturated carbocycles. The lowest BCUT2D eigenvalue weighted by Crippen LogP contribution is -2.16. The standard InChI is InChI=1S/C15H20O4/c1-4-5-6-13(16)14(17)10-11-9-12(18-2)7-8-15(11)19-3/h7-9H,4-6,10H2,1-3H3. The highest BCUT2D eigenvalue weighted by Gasteiger charge is 2.16.